The Morgan fingerprint density at radius 1 is 0.844 bits per heavy atom. The van der Waals surface area contributed by atoms with Crippen LogP contribution >= 0.6 is 35.3 Å². The predicted octanol–water partition coefficient (Wildman–Crippen LogP) is 6.53. The molecule has 0 fully saturated rings. The van der Waals surface area contributed by atoms with E-state index < -0.39 is 0 Å². The highest BCUT2D eigenvalue weighted by Crippen LogP contribution is 2.48. The van der Waals surface area contributed by atoms with Crippen molar-refractivity contribution in [2.45, 2.75) is 22.8 Å². The summed E-state index contributed by atoms with van der Waals surface area (Å²) in [6.45, 7) is 0.246. The first-order valence-electron chi connectivity index (χ1n) is 10.1. The van der Waals surface area contributed by atoms with Crippen LogP contribution in [0.4, 0.5) is 11.4 Å². The Morgan fingerprint density at radius 3 is 2.06 bits per heavy atom. The van der Waals surface area contributed by atoms with Crippen LogP contribution in [-0.4, -0.2) is 10.5 Å². The van der Waals surface area contributed by atoms with Gasteiger partial charge in [-0.3, -0.25) is 19.1 Å². The molecular weight excluding hydrogens is 456 g/mol. The number of carbonyl (C=O) groups excluding carboxylic acids is 1. The third-order valence-corrected chi connectivity index (χ3v) is 7.80. The SMILES string of the molecule is O=C(CCn1c(=O)cc(-c2ccccc2)sc1=S)N1c2ccccc2Sc2ccccc21. The number of carbonyl (C=O) groups is 1. The van der Waals surface area contributed by atoms with Gasteiger partial charge >= 0.3 is 0 Å². The lowest BCUT2D eigenvalue weighted by Gasteiger charge is -2.31. The second kappa shape index (κ2) is 8.86. The molecule has 4 aromatic rings. The van der Waals surface area contributed by atoms with Crippen LogP contribution in [0.2, 0.25) is 0 Å². The van der Waals surface area contributed by atoms with E-state index in [1.165, 1.54) is 15.9 Å². The molecule has 2 heterocycles. The first-order chi connectivity index (χ1) is 15.6. The summed E-state index contributed by atoms with van der Waals surface area (Å²) in [6.07, 6.45) is 0.175. The summed E-state index contributed by atoms with van der Waals surface area (Å²) in [5.41, 5.74) is 2.52. The molecule has 4 nitrogen and oxygen atoms in total. The van der Waals surface area contributed by atoms with E-state index in [-0.39, 0.29) is 24.4 Å². The summed E-state index contributed by atoms with van der Waals surface area (Å²) in [6, 6.07) is 27.1. The molecule has 0 saturated heterocycles. The molecule has 0 unspecified atom stereocenters. The normalized spacial score (nSPS) is 12.2. The van der Waals surface area contributed by atoms with Crippen molar-refractivity contribution in [1.29, 1.82) is 0 Å². The van der Waals surface area contributed by atoms with Gasteiger partial charge in [0.25, 0.3) is 5.56 Å². The molecule has 0 bridgehead atoms. The molecule has 32 heavy (non-hydrogen) atoms. The number of anilines is 2. The van der Waals surface area contributed by atoms with Gasteiger partial charge in [0, 0.05) is 33.7 Å². The molecule has 7 heteroatoms. The van der Waals surface area contributed by atoms with E-state index in [1.807, 2.05) is 78.9 Å². The van der Waals surface area contributed by atoms with Crippen molar-refractivity contribution in [1.82, 2.24) is 4.57 Å². The van der Waals surface area contributed by atoms with Crippen LogP contribution in [0.15, 0.2) is 99.5 Å². The zero-order chi connectivity index (χ0) is 22.1. The number of para-hydroxylation sites is 2. The van der Waals surface area contributed by atoms with Crippen LogP contribution in [0.5, 0.6) is 0 Å². The first kappa shape index (κ1) is 20.9. The average molecular weight is 475 g/mol. The summed E-state index contributed by atoms with van der Waals surface area (Å²) >= 11 is 8.56. The molecule has 5 rings (SSSR count). The zero-order valence-corrected chi connectivity index (χ0v) is 19.4. The molecule has 1 aliphatic heterocycles. The number of rotatable bonds is 4. The van der Waals surface area contributed by atoms with Gasteiger partial charge in [-0.15, -0.1) is 11.3 Å². The van der Waals surface area contributed by atoms with E-state index in [0.717, 1.165) is 31.6 Å². The lowest BCUT2D eigenvalue weighted by atomic mass is 10.2. The van der Waals surface area contributed by atoms with Gasteiger partial charge in [0.2, 0.25) is 5.91 Å². The molecule has 1 amide bonds. The van der Waals surface area contributed by atoms with E-state index in [2.05, 4.69) is 0 Å². The van der Waals surface area contributed by atoms with E-state index in [0.29, 0.717) is 3.95 Å². The molecule has 0 saturated carbocycles. The van der Waals surface area contributed by atoms with Gasteiger partial charge in [-0.1, -0.05) is 66.4 Å². The number of fused-ring (bicyclic) bond motifs is 2. The lowest BCUT2D eigenvalue weighted by molar-refractivity contribution is -0.118. The minimum Gasteiger partial charge on any atom is -0.291 e. The molecule has 0 spiro atoms. The van der Waals surface area contributed by atoms with Crippen molar-refractivity contribution in [2.24, 2.45) is 0 Å². The Balaban J connectivity index is 1.43. The molecule has 0 N–H and O–H groups in total. The van der Waals surface area contributed by atoms with Crippen LogP contribution in [0.25, 0.3) is 10.4 Å². The van der Waals surface area contributed by atoms with Gasteiger partial charge in [0.05, 0.1) is 11.4 Å². The Bertz CT molecular complexity index is 1350. The van der Waals surface area contributed by atoms with Gasteiger partial charge in [-0.2, -0.15) is 0 Å². The number of nitrogens with zero attached hydrogens (tertiary/aromatic N) is 2. The topological polar surface area (TPSA) is 42.3 Å². The second-order valence-corrected chi connectivity index (χ2v) is 10.0. The first-order valence-corrected chi connectivity index (χ1v) is 12.2. The third-order valence-electron chi connectivity index (χ3n) is 5.23. The summed E-state index contributed by atoms with van der Waals surface area (Å²) in [4.78, 5) is 30.8. The van der Waals surface area contributed by atoms with Crippen molar-refractivity contribution in [3.05, 3.63) is 99.2 Å². The summed E-state index contributed by atoms with van der Waals surface area (Å²) in [5, 5.41) is 0. The highest BCUT2D eigenvalue weighted by Gasteiger charge is 2.27. The molecule has 1 aromatic heterocycles. The van der Waals surface area contributed by atoms with Crippen molar-refractivity contribution in [2.75, 3.05) is 4.90 Å². The van der Waals surface area contributed by atoms with Gasteiger partial charge in [0.1, 0.15) is 0 Å². The van der Waals surface area contributed by atoms with Gasteiger partial charge in [-0.05, 0) is 42.0 Å². The summed E-state index contributed by atoms with van der Waals surface area (Å²) < 4.78 is 1.99. The number of benzene rings is 3. The Morgan fingerprint density at radius 2 is 1.44 bits per heavy atom. The maximum absolute atomic E-state index is 13.4. The monoisotopic (exact) mass is 474 g/mol. The fourth-order valence-corrected chi connectivity index (χ4v) is 6.10. The molecule has 158 valence electrons. The van der Waals surface area contributed by atoms with E-state index in [1.54, 1.807) is 22.7 Å². The molecule has 0 radical (unpaired) electrons. The van der Waals surface area contributed by atoms with Gasteiger partial charge in [0.15, 0.2) is 3.95 Å². The minimum atomic E-state index is -0.185. The molecule has 3 aromatic carbocycles. The third kappa shape index (κ3) is 3.95. The minimum absolute atomic E-state index is 0.0661. The van der Waals surface area contributed by atoms with Crippen LogP contribution < -0.4 is 10.5 Å². The number of hydrogen-bond donors (Lipinski definition) is 0. The molecular formula is C25H18N2O2S3. The van der Waals surface area contributed by atoms with Crippen LogP contribution in [0.1, 0.15) is 6.42 Å². The Labute approximate surface area is 198 Å². The molecule has 0 aliphatic carbocycles. The fraction of sp³-hybridized carbons (Fsp3) is 0.0800. The van der Waals surface area contributed by atoms with Crippen molar-refractivity contribution in [3.63, 3.8) is 0 Å². The van der Waals surface area contributed by atoms with Gasteiger partial charge < -0.3 is 0 Å². The van der Waals surface area contributed by atoms with Crippen LogP contribution in [0, 0.1) is 3.95 Å². The zero-order valence-electron chi connectivity index (χ0n) is 16.9. The highest BCUT2D eigenvalue weighted by molar-refractivity contribution is 7.99. The molecule has 0 atom stereocenters. The highest BCUT2D eigenvalue weighted by atomic mass is 32.2. The van der Waals surface area contributed by atoms with Crippen molar-refractivity contribution < 1.29 is 4.79 Å². The average Bonchev–Trinajstić information content (AvgIpc) is 2.82. The quantitative estimate of drug-likeness (QED) is 0.316. The van der Waals surface area contributed by atoms with E-state index in [9.17, 15) is 9.59 Å². The van der Waals surface area contributed by atoms with Crippen LogP contribution in [-0.2, 0) is 11.3 Å². The predicted molar refractivity (Wildman–Crippen MR) is 134 cm³/mol. The van der Waals surface area contributed by atoms with E-state index in [4.69, 9.17) is 12.2 Å². The second-order valence-electron chi connectivity index (χ2n) is 7.25. The standard InChI is InChI=1S/C25H18N2O2S3/c28-23(27-18-10-4-6-12-20(18)31-21-13-7-5-11-19(21)27)14-15-26-24(29)16-22(32-25(26)30)17-8-2-1-3-9-17/h1-13,16H,14-15H2. The van der Waals surface area contributed by atoms with E-state index >= 15 is 0 Å². The summed E-state index contributed by atoms with van der Waals surface area (Å²) in [7, 11) is 0. The largest absolute Gasteiger partial charge is 0.291 e. The Hall–Kier alpha value is -3.00. The molecule has 1 aliphatic rings. The van der Waals surface area contributed by atoms with Crippen LogP contribution in [0.3, 0.4) is 0 Å². The van der Waals surface area contributed by atoms with Gasteiger partial charge in [-0.25, -0.2) is 0 Å². The lowest BCUT2D eigenvalue weighted by Crippen LogP contribution is -2.30. The fourth-order valence-electron chi connectivity index (χ4n) is 3.70. The van der Waals surface area contributed by atoms with Crippen molar-refractivity contribution >= 4 is 52.6 Å². The summed E-state index contributed by atoms with van der Waals surface area (Å²) in [5.74, 6) is -0.0661. The number of amides is 1. The maximum atomic E-state index is 13.4. The number of hydrogen-bond acceptors (Lipinski definition) is 5. The van der Waals surface area contributed by atoms with Crippen molar-refractivity contribution in [3.8, 4) is 10.4 Å². The smallest absolute Gasteiger partial charge is 0.253 e. The number of aromatic nitrogens is 1. The Kier molecular flexibility index (Phi) is 5.78. The maximum Gasteiger partial charge on any atom is 0.253 e.